The number of ketones is 1. The maximum atomic E-state index is 12.9. The molecule has 0 aliphatic carbocycles. The van der Waals surface area contributed by atoms with Gasteiger partial charge in [0.2, 0.25) is 0 Å². The third kappa shape index (κ3) is 5.69. The molecule has 0 aromatic heterocycles. The van der Waals surface area contributed by atoms with Crippen molar-refractivity contribution in [3.8, 4) is 11.5 Å². The van der Waals surface area contributed by atoms with E-state index in [-0.39, 0.29) is 18.8 Å². The molecule has 5 nitrogen and oxygen atoms in total. The summed E-state index contributed by atoms with van der Waals surface area (Å²) in [6.07, 6.45) is 0.0512. The van der Waals surface area contributed by atoms with Crippen LogP contribution in [0.4, 0.5) is 0 Å². The van der Waals surface area contributed by atoms with Crippen molar-refractivity contribution in [3.05, 3.63) is 72.8 Å². The molecule has 2 aromatic rings. The molecule has 2 rings (SSSR count). The largest absolute Gasteiger partial charge is 0.587 e. The van der Waals surface area contributed by atoms with Crippen molar-refractivity contribution in [3.63, 3.8) is 0 Å². The Kier molecular flexibility index (Phi) is 6.36. The van der Waals surface area contributed by atoms with Gasteiger partial charge in [-0.05, 0) is 36.8 Å². The molecular weight excluding hydrogens is 327 g/mol. The van der Waals surface area contributed by atoms with E-state index in [1.807, 2.05) is 12.1 Å². The fourth-order valence-corrected chi connectivity index (χ4v) is 2.97. The maximum Gasteiger partial charge on any atom is 0.587 e. The highest BCUT2D eigenvalue weighted by Gasteiger charge is 2.31. The predicted octanol–water partition coefficient (Wildman–Crippen LogP) is 4.80. The minimum atomic E-state index is -3.93. The number of hydrogen-bond acceptors (Lipinski definition) is 5. The Balaban J connectivity index is 2.09. The summed E-state index contributed by atoms with van der Waals surface area (Å²) >= 11 is 0. The Morgan fingerprint density at radius 3 is 1.83 bits per heavy atom. The first kappa shape index (κ1) is 18.0. The molecule has 0 aliphatic rings. The molecule has 2 aromatic carbocycles. The van der Waals surface area contributed by atoms with Crippen molar-refractivity contribution in [2.45, 2.75) is 13.3 Å². The van der Waals surface area contributed by atoms with Crippen LogP contribution in [0, 0.1) is 0 Å². The highest BCUT2D eigenvalue weighted by atomic mass is 31.2. The standard InChI is InChI=1S/C18H19O5P/c1-15(2)18(19)13-14-21-24(20,22-16-9-5-3-6-10-16)23-17-11-7-4-8-12-17/h3-12H,1,13-14H2,2H3. The molecule has 0 heterocycles. The van der Waals surface area contributed by atoms with Gasteiger partial charge in [-0.2, -0.15) is 0 Å². The fraction of sp³-hybridized carbons (Fsp3) is 0.167. The summed E-state index contributed by atoms with van der Waals surface area (Å²) in [5, 5.41) is 0. The SMILES string of the molecule is C=C(C)C(=O)CCOP(=O)(Oc1ccccc1)Oc1ccccc1. The summed E-state index contributed by atoms with van der Waals surface area (Å²) < 4.78 is 29.1. The lowest BCUT2D eigenvalue weighted by molar-refractivity contribution is -0.116. The first-order chi connectivity index (χ1) is 11.5. The lowest BCUT2D eigenvalue weighted by Crippen LogP contribution is -2.09. The second kappa shape index (κ2) is 8.48. The van der Waals surface area contributed by atoms with E-state index in [4.69, 9.17) is 13.6 Å². The van der Waals surface area contributed by atoms with E-state index in [1.165, 1.54) is 0 Å². The number of hydrogen-bond donors (Lipinski definition) is 0. The monoisotopic (exact) mass is 346 g/mol. The van der Waals surface area contributed by atoms with Gasteiger partial charge in [0.05, 0.1) is 6.61 Å². The topological polar surface area (TPSA) is 61.8 Å². The first-order valence-corrected chi connectivity index (χ1v) is 8.87. The molecule has 0 saturated carbocycles. The Hall–Kier alpha value is -2.36. The third-order valence-electron chi connectivity index (χ3n) is 2.98. The maximum absolute atomic E-state index is 12.9. The van der Waals surface area contributed by atoms with Gasteiger partial charge in [0, 0.05) is 6.42 Å². The van der Waals surface area contributed by atoms with Crippen molar-refractivity contribution in [1.82, 2.24) is 0 Å². The van der Waals surface area contributed by atoms with Gasteiger partial charge in [0.15, 0.2) is 5.78 Å². The smallest absolute Gasteiger partial charge is 0.395 e. The zero-order valence-corrected chi connectivity index (χ0v) is 14.3. The van der Waals surface area contributed by atoms with Crippen molar-refractivity contribution in [1.29, 1.82) is 0 Å². The number of phosphoric ester groups is 1. The van der Waals surface area contributed by atoms with Crippen molar-refractivity contribution in [2.75, 3.05) is 6.61 Å². The molecule has 0 spiro atoms. The summed E-state index contributed by atoms with van der Waals surface area (Å²) in [7, 11) is -3.93. The van der Waals surface area contributed by atoms with E-state index in [0.717, 1.165) is 0 Å². The Bertz CT molecular complexity index is 682. The van der Waals surface area contributed by atoms with E-state index in [2.05, 4.69) is 6.58 Å². The van der Waals surface area contributed by atoms with E-state index in [9.17, 15) is 9.36 Å². The molecule has 0 fully saturated rings. The van der Waals surface area contributed by atoms with Crippen molar-refractivity contribution >= 4 is 13.6 Å². The number of phosphoric acid groups is 1. The molecular formula is C18H19O5P. The Morgan fingerprint density at radius 1 is 0.958 bits per heavy atom. The lowest BCUT2D eigenvalue weighted by atomic mass is 10.2. The molecule has 0 radical (unpaired) electrons. The molecule has 0 unspecified atom stereocenters. The number of allylic oxidation sites excluding steroid dienone is 1. The van der Waals surface area contributed by atoms with Gasteiger partial charge in [-0.25, -0.2) is 4.57 Å². The van der Waals surface area contributed by atoms with Crippen LogP contribution in [0.3, 0.4) is 0 Å². The molecule has 24 heavy (non-hydrogen) atoms. The summed E-state index contributed by atoms with van der Waals surface area (Å²) in [4.78, 5) is 11.6. The van der Waals surface area contributed by atoms with E-state index in [0.29, 0.717) is 17.1 Å². The average molecular weight is 346 g/mol. The van der Waals surface area contributed by atoms with Gasteiger partial charge < -0.3 is 9.05 Å². The fourth-order valence-electron chi connectivity index (χ4n) is 1.76. The number of carbonyl (C=O) groups is 1. The van der Waals surface area contributed by atoms with Crippen LogP contribution in [0.5, 0.6) is 11.5 Å². The second-order valence-electron chi connectivity index (χ2n) is 5.04. The van der Waals surface area contributed by atoms with Crippen LogP contribution in [0.1, 0.15) is 13.3 Å². The van der Waals surface area contributed by atoms with Crippen LogP contribution in [0.2, 0.25) is 0 Å². The molecule has 0 aliphatic heterocycles. The number of Topliss-reactive ketones (excluding diaryl/α,β-unsaturated/α-hetero) is 1. The summed E-state index contributed by atoms with van der Waals surface area (Å²) in [6.45, 7) is 5.09. The first-order valence-electron chi connectivity index (χ1n) is 7.41. The zero-order chi connectivity index (χ0) is 17.4. The molecule has 0 N–H and O–H groups in total. The van der Waals surface area contributed by atoms with Gasteiger partial charge >= 0.3 is 7.82 Å². The number of rotatable bonds is 9. The minimum Gasteiger partial charge on any atom is -0.395 e. The van der Waals surface area contributed by atoms with Crippen LogP contribution < -0.4 is 9.05 Å². The highest BCUT2D eigenvalue weighted by Crippen LogP contribution is 2.49. The van der Waals surface area contributed by atoms with Crippen molar-refractivity contribution in [2.24, 2.45) is 0 Å². The highest BCUT2D eigenvalue weighted by molar-refractivity contribution is 7.49. The molecule has 0 saturated heterocycles. The Morgan fingerprint density at radius 2 is 1.42 bits per heavy atom. The van der Waals surface area contributed by atoms with Gasteiger partial charge in [-0.15, -0.1) is 0 Å². The van der Waals surface area contributed by atoms with Gasteiger partial charge in [-0.1, -0.05) is 43.0 Å². The van der Waals surface area contributed by atoms with E-state index in [1.54, 1.807) is 55.5 Å². The van der Waals surface area contributed by atoms with Gasteiger partial charge in [0.1, 0.15) is 11.5 Å². The van der Waals surface area contributed by atoms with E-state index >= 15 is 0 Å². The third-order valence-corrected chi connectivity index (χ3v) is 4.34. The zero-order valence-electron chi connectivity index (χ0n) is 13.4. The van der Waals surface area contributed by atoms with Gasteiger partial charge in [-0.3, -0.25) is 9.32 Å². The number of benzene rings is 2. The average Bonchev–Trinajstić information content (AvgIpc) is 2.56. The van der Waals surface area contributed by atoms with E-state index < -0.39 is 7.82 Å². The molecule has 6 heteroatoms. The van der Waals surface area contributed by atoms with Gasteiger partial charge in [0.25, 0.3) is 0 Å². The predicted molar refractivity (Wildman–Crippen MR) is 92.1 cm³/mol. The molecule has 0 bridgehead atoms. The van der Waals surface area contributed by atoms with Crippen molar-refractivity contribution < 1.29 is 22.9 Å². The summed E-state index contributed by atoms with van der Waals surface area (Å²) in [5.41, 5.74) is 0.418. The summed E-state index contributed by atoms with van der Waals surface area (Å²) in [6, 6.07) is 17.2. The summed E-state index contributed by atoms with van der Waals surface area (Å²) in [5.74, 6) is 0.534. The quantitative estimate of drug-likeness (QED) is 0.482. The van der Waals surface area contributed by atoms with Crippen LogP contribution >= 0.6 is 7.82 Å². The number of carbonyl (C=O) groups excluding carboxylic acids is 1. The van der Waals surface area contributed by atoms with Crippen LogP contribution in [0.15, 0.2) is 72.8 Å². The molecule has 126 valence electrons. The Labute approximate surface area is 141 Å². The normalized spacial score (nSPS) is 10.9. The lowest BCUT2D eigenvalue weighted by Gasteiger charge is -2.19. The molecule has 0 amide bonds. The van der Waals surface area contributed by atoms with Crippen LogP contribution in [-0.2, 0) is 13.9 Å². The molecule has 0 atom stereocenters. The second-order valence-corrected chi connectivity index (χ2v) is 6.56. The number of para-hydroxylation sites is 2. The van der Waals surface area contributed by atoms with Crippen LogP contribution in [-0.4, -0.2) is 12.4 Å². The minimum absolute atomic E-state index is 0.0512. The van der Waals surface area contributed by atoms with Crippen LogP contribution in [0.25, 0.3) is 0 Å².